The fourth-order valence-corrected chi connectivity index (χ4v) is 3.48. The van der Waals surface area contributed by atoms with Gasteiger partial charge in [0.25, 0.3) is 11.8 Å². The van der Waals surface area contributed by atoms with Gasteiger partial charge in [0.2, 0.25) is 0 Å². The van der Waals surface area contributed by atoms with Crippen LogP contribution in [0.1, 0.15) is 53.9 Å². The molecule has 1 atom stereocenters. The molecule has 0 spiro atoms. The van der Waals surface area contributed by atoms with Crippen LogP contribution in [0.2, 0.25) is 0 Å². The third-order valence-corrected chi connectivity index (χ3v) is 5.60. The zero-order valence-electron chi connectivity index (χ0n) is 20.1. The molecule has 2 aromatic carbocycles. The first-order chi connectivity index (χ1) is 16.8. The molecule has 0 saturated carbocycles. The van der Waals surface area contributed by atoms with Gasteiger partial charge in [0.1, 0.15) is 23.4 Å². The molecule has 3 aromatic rings. The highest BCUT2D eigenvalue weighted by Crippen LogP contribution is 2.29. The van der Waals surface area contributed by atoms with Gasteiger partial charge in [0.05, 0.1) is 6.61 Å². The maximum Gasteiger partial charge on any atom is 0.257 e. The summed E-state index contributed by atoms with van der Waals surface area (Å²) in [5.74, 6) is 1.35. The Labute approximate surface area is 204 Å². The van der Waals surface area contributed by atoms with Gasteiger partial charge in [0, 0.05) is 48.6 Å². The van der Waals surface area contributed by atoms with E-state index in [0.29, 0.717) is 34.2 Å². The van der Waals surface area contributed by atoms with Crippen LogP contribution in [0.4, 0.5) is 5.82 Å². The summed E-state index contributed by atoms with van der Waals surface area (Å²) in [7, 11) is 0. The van der Waals surface area contributed by atoms with Gasteiger partial charge in [-0.1, -0.05) is 0 Å². The number of amides is 2. The molecule has 2 N–H and O–H groups in total. The van der Waals surface area contributed by atoms with E-state index in [0.717, 1.165) is 19.5 Å². The molecule has 1 aliphatic heterocycles. The van der Waals surface area contributed by atoms with Crippen LogP contribution in [-0.4, -0.2) is 57.4 Å². The number of likely N-dealkylation sites (tertiary alicyclic amines) is 1. The van der Waals surface area contributed by atoms with Crippen molar-refractivity contribution >= 4 is 17.6 Å². The van der Waals surface area contributed by atoms with E-state index in [1.807, 2.05) is 13.8 Å². The van der Waals surface area contributed by atoms with Gasteiger partial charge in [-0.3, -0.25) is 14.3 Å². The molecule has 184 valence electrons. The van der Waals surface area contributed by atoms with E-state index in [9.17, 15) is 14.7 Å². The summed E-state index contributed by atoms with van der Waals surface area (Å²) in [6.07, 6.45) is 2.37. The monoisotopic (exact) mass is 478 g/mol. The number of aliphatic hydroxyl groups is 1. The SMILES string of the molecule is CC(C)n1ccc(NC(=O)c2cc(Oc3ccc(C(=O)N4CCC4)cc3)cc(O[C@@H](C)CO)c2)n1. The molecule has 0 radical (unpaired) electrons. The number of benzene rings is 2. The van der Waals surface area contributed by atoms with Crippen LogP contribution in [0.3, 0.4) is 0 Å². The lowest BCUT2D eigenvalue weighted by Crippen LogP contribution is -2.41. The van der Waals surface area contributed by atoms with E-state index in [2.05, 4.69) is 10.4 Å². The van der Waals surface area contributed by atoms with Crippen molar-refractivity contribution in [3.8, 4) is 17.2 Å². The molecule has 1 aromatic heterocycles. The Morgan fingerprint density at radius 2 is 1.71 bits per heavy atom. The van der Waals surface area contributed by atoms with Crippen LogP contribution in [0.15, 0.2) is 54.7 Å². The minimum Gasteiger partial charge on any atom is -0.488 e. The van der Waals surface area contributed by atoms with Crippen molar-refractivity contribution in [3.05, 3.63) is 65.9 Å². The van der Waals surface area contributed by atoms with Crippen LogP contribution in [0, 0.1) is 0 Å². The first-order valence-corrected chi connectivity index (χ1v) is 11.7. The first kappa shape index (κ1) is 24.3. The van der Waals surface area contributed by atoms with E-state index < -0.39 is 6.10 Å². The van der Waals surface area contributed by atoms with E-state index >= 15 is 0 Å². The highest BCUT2D eigenvalue weighted by atomic mass is 16.5. The molecule has 35 heavy (non-hydrogen) atoms. The summed E-state index contributed by atoms with van der Waals surface area (Å²) < 4.78 is 13.5. The second-order valence-corrected chi connectivity index (χ2v) is 8.81. The molecule has 4 rings (SSSR count). The lowest BCUT2D eigenvalue weighted by Gasteiger charge is -2.30. The quantitative estimate of drug-likeness (QED) is 0.479. The van der Waals surface area contributed by atoms with Crippen molar-refractivity contribution in [2.24, 2.45) is 0 Å². The Kier molecular flexibility index (Phi) is 7.36. The molecule has 2 amide bonds. The first-order valence-electron chi connectivity index (χ1n) is 11.7. The minimum absolute atomic E-state index is 0.00931. The maximum absolute atomic E-state index is 13.0. The molecule has 1 saturated heterocycles. The van der Waals surface area contributed by atoms with Crippen LogP contribution >= 0.6 is 0 Å². The molecule has 1 aliphatic rings. The molecule has 9 heteroatoms. The van der Waals surface area contributed by atoms with Gasteiger partial charge in [0.15, 0.2) is 5.82 Å². The van der Waals surface area contributed by atoms with Crippen LogP contribution in [0.5, 0.6) is 17.2 Å². The van der Waals surface area contributed by atoms with Crippen LogP contribution < -0.4 is 14.8 Å². The Balaban J connectivity index is 1.53. The Morgan fingerprint density at radius 3 is 2.31 bits per heavy atom. The van der Waals surface area contributed by atoms with Crippen molar-refractivity contribution < 1.29 is 24.2 Å². The Hall–Kier alpha value is -3.85. The number of ether oxygens (including phenoxy) is 2. The van der Waals surface area contributed by atoms with E-state index in [4.69, 9.17) is 9.47 Å². The van der Waals surface area contributed by atoms with Gasteiger partial charge < -0.3 is 24.8 Å². The molecule has 0 aliphatic carbocycles. The number of rotatable bonds is 9. The number of hydrogen-bond acceptors (Lipinski definition) is 6. The van der Waals surface area contributed by atoms with Crippen molar-refractivity contribution in [2.75, 3.05) is 25.0 Å². The number of nitrogens with one attached hydrogen (secondary N) is 1. The smallest absolute Gasteiger partial charge is 0.257 e. The highest BCUT2D eigenvalue weighted by molar-refractivity contribution is 6.04. The van der Waals surface area contributed by atoms with Crippen LogP contribution in [0.25, 0.3) is 0 Å². The number of hydrogen-bond donors (Lipinski definition) is 2. The van der Waals surface area contributed by atoms with Gasteiger partial charge in [-0.15, -0.1) is 0 Å². The predicted molar refractivity (Wildman–Crippen MR) is 131 cm³/mol. The number of carbonyl (C=O) groups is 2. The molecule has 2 heterocycles. The standard InChI is InChI=1S/C26H30N4O5/c1-17(2)30-12-9-24(28-30)27-25(32)20-13-22(34-18(3)16-31)15-23(14-20)35-21-7-5-19(6-8-21)26(33)29-10-4-11-29/h5-9,12-15,17-18,31H,4,10-11,16H2,1-3H3,(H,27,28,32)/t18-/m0/s1. The number of anilines is 1. The molecule has 0 bridgehead atoms. The summed E-state index contributed by atoms with van der Waals surface area (Å²) in [6.45, 7) is 7.13. The maximum atomic E-state index is 13.0. The Morgan fingerprint density at radius 1 is 1.00 bits per heavy atom. The zero-order chi connectivity index (χ0) is 24.9. The van der Waals surface area contributed by atoms with Crippen LogP contribution in [-0.2, 0) is 0 Å². The summed E-state index contributed by atoms with van der Waals surface area (Å²) in [5.41, 5.74) is 0.915. The van der Waals surface area contributed by atoms with Gasteiger partial charge in [-0.05, 0) is 63.6 Å². The predicted octanol–water partition coefficient (Wildman–Crippen LogP) is 4.11. The van der Waals surface area contributed by atoms with Crippen molar-refractivity contribution in [3.63, 3.8) is 0 Å². The molecule has 0 unspecified atom stereocenters. The molecular formula is C26H30N4O5. The van der Waals surface area contributed by atoms with Gasteiger partial charge >= 0.3 is 0 Å². The van der Waals surface area contributed by atoms with Gasteiger partial charge in [-0.25, -0.2) is 0 Å². The van der Waals surface area contributed by atoms with Crippen molar-refractivity contribution in [1.29, 1.82) is 0 Å². The zero-order valence-corrected chi connectivity index (χ0v) is 20.1. The molecule has 9 nitrogen and oxygen atoms in total. The fourth-order valence-electron chi connectivity index (χ4n) is 3.48. The van der Waals surface area contributed by atoms with E-state index in [1.54, 1.807) is 71.2 Å². The molecule has 1 fully saturated rings. The van der Waals surface area contributed by atoms with Crippen molar-refractivity contribution in [1.82, 2.24) is 14.7 Å². The number of aliphatic hydroxyl groups excluding tert-OH is 1. The van der Waals surface area contributed by atoms with E-state index in [1.165, 1.54) is 0 Å². The second kappa shape index (κ2) is 10.6. The van der Waals surface area contributed by atoms with Crippen molar-refractivity contribution in [2.45, 2.75) is 39.3 Å². The lowest BCUT2D eigenvalue weighted by molar-refractivity contribution is 0.0651. The Bertz CT molecular complexity index is 1180. The largest absolute Gasteiger partial charge is 0.488 e. The minimum atomic E-state index is -0.463. The number of carbonyl (C=O) groups excluding carboxylic acids is 2. The topological polar surface area (TPSA) is 106 Å². The number of nitrogens with zero attached hydrogens (tertiary/aromatic N) is 3. The normalized spacial score (nSPS) is 13.8. The average molecular weight is 479 g/mol. The summed E-state index contributed by atoms with van der Waals surface area (Å²) >= 11 is 0. The third kappa shape index (κ3) is 5.99. The third-order valence-electron chi connectivity index (χ3n) is 5.60. The lowest BCUT2D eigenvalue weighted by atomic mass is 10.1. The fraction of sp³-hybridized carbons (Fsp3) is 0.346. The second-order valence-electron chi connectivity index (χ2n) is 8.81. The van der Waals surface area contributed by atoms with Gasteiger partial charge in [-0.2, -0.15) is 5.10 Å². The summed E-state index contributed by atoms with van der Waals surface area (Å²) in [4.78, 5) is 27.1. The number of aromatic nitrogens is 2. The highest BCUT2D eigenvalue weighted by Gasteiger charge is 2.21. The molecular weight excluding hydrogens is 448 g/mol. The summed E-state index contributed by atoms with van der Waals surface area (Å²) in [5, 5.41) is 16.5. The van der Waals surface area contributed by atoms with E-state index in [-0.39, 0.29) is 24.5 Å². The average Bonchev–Trinajstić information content (AvgIpc) is 3.27. The summed E-state index contributed by atoms with van der Waals surface area (Å²) in [6, 6.07) is 13.6.